The first-order chi connectivity index (χ1) is 8.24. The molecule has 0 saturated carbocycles. The van der Waals surface area contributed by atoms with Gasteiger partial charge in [0, 0.05) is 18.0 Å². The van der Waals surface area contributed by atoms with Crippen molar-refractivity contribution in [2.45, 2.75) is 0 Å². The summed E-state index contributed by atoms with van der Waals surface area (Å²) in [6.45, 7) is 0. The van der Waals surface area contributed by atoms with E-state index in [0.29, 0.717) is 16.3 Å². The van der Waals surface area contributed by atoms with Crippen molar-refractivity contribution in [3.63, 3.8) is 0 Å². The lowest BCUT2D eigenvalue weighted by Crippen LogP contribution is -1.86. The van der Waals surface area contributed by atoms with Crippen LogP contribution >= 0.6 is 11.6 Å². The van der Waals surface area contributed by atoms with Crippen molar-refractivity contribution >= 4 is 11.6 Å². The third-order valence-corrected chi connectivity index (χ3v) is 2.65. The van der Waals surface area contributed by atoms with Gasteiger partial charge >= 0.3 is 0 Å². The lowest BCUT2D eigenvalue weighted by molar-refractivity contribution is 0.415. The van der Waals surface area contributed by atoms with Crippen molar-refractivity contribution in [3.05, 3.63) is 47.2 Å². The van der Waals surface area contributed by atoms with E-state index in [-0.39, 0.29) is 0 Å². The molecule has 0 saturated heterocycles. The van der Waals surface area contributed by atoms with Gasteiger partial charge in [0.15, 0.2) is 0 Å². The Bertz CT molecular complexity index is 590. The number of benzene rings is 1. The van der Waals surface area contributed by atoms with Crippen molar-refractivity contribution < 1.29 is 4.74 Å². The Balaban J connectivity index is 2.46. The van der Waals surface area contributed by atoms with Gasteiger partial charge in [0.25, 0.3) is 0 Å². The predicted molar refractivity (Wildman–Crippen MR) is 66.0 cm³/mol. The number of hydrogen-bond acceptors (Lipinski definition) is 3. The van der Waals surface area contributed by atoms with Crippen LogP contribution < -0.4 is 4.74 Å². The Kier molecular flexibility index (Phi) is 3.27. The summed E-state index contributed by atoms with van der Waals surface area (Å²) >= 11 is 6.04. The maximum absolute atomic E-state index is 8.81. The molecule has 0 aliphatic rings. The lowest BCUT2D eigenvalue weighted by atomic mass is 10.1. The second-order valence-electron chi connectivity index (χ2n) is 3.42. The highest BCUT2D eigenvalue weighted by Gasteiger charge is 2.04. The van der Waals surface area contributed by atoms with Crippen molar-refractivity contribution in [2.24, 2.45) is 0 Å². The van der Waals surface area contributed by atoms with Crippen LogP contribution in [0.25, 0.3) is 11.1 Å². The van der Waals surface area contributed by atoms with E-state index in [0.717, 1.165) is 11.1 Å². The summed E-state index contributed by atoms with van der Waals surface area (Å²) in [5.74, 6) is 0.625. The number of ether oxygens (including phenoxy) is 1. The van der Waals surface area contributed by atoms with Gasteiger partial charge in [-0.25, -0.2) is 0 Å². The van der Waals surface area contributed by atoms with Crippen molar-refractivity contribution in [1.29, 1.82) is 5.26 Å². The van der Waals surface area contributed by atoms with E-state index >= 15 is 0 Å². The fourth-order valence-electron chi connectivity index (χ4n) is 1.50. The number of nitriles is 1. The van der Waals surface area contributed by atoms with Gasteiger partial charge in [0.1, 0.15) is 11.8 Å². The molecule has 17 heavy (non-hydrogen) atoms. The standard InChI is InChI=1S/C13H9ClN2O/c1-17-13-3-2-10(5-12(13)14)11-4-9(6-15)7-16-8-11/h2-5,7-8H,1H3. The molecule has 0 fully saturated rings. The Labute approximate surface area is 104 Å². The largest absolute Gasteiger partial charge is 0.495 e. The Morgan fingerprint density at radius 3 is 2.71 bits per heavy atom. The van der Waals surface area contributed by atoms with Gasteiger partial charge in [-0.1, -0.05) is 17.7 Å². The van der Waals surface area contributed by atoms with Crippen molar-refractivity contribution in [2.75, 3.05) is 7.11 Å². The molecule has 0 atom stereocenters. The van der Waals surface area contributed by atoms with Crippen molar-refractivity contribution in [3.8, 4) is 22.9 Å². The maximum Gasteiger partial charge on any atom is 0.137 e. The number of rotatable bonds is 2. The van der Waals surface area contributed by atoms with Crippen LogP contribution in [0.2, 0.25) is 5.02 Å². The molecule has 0 aliphatic heterocycles. The topological polar surface area (TPSA) is 45.9 Å². The van der Waals surface area contributed by atoms with Gasteiger partial charge in [0.05, 0.1) is 17.7 Å². The molecule has 0 bridgehead atoms. The Morgan fingerprint density at radius 1 is 1.24 bits per heavy atom. The summed E-state index contributed by atoms with van der Waals surface area (Å²) in [6.07, 6.45) is 3.22. The van der Waals surface area contributed by atoms with Crippen molar-refractivity contribution in [1.82, 2.24) is 4.98 Å². The summed E-state index contributed by atoms with van der Waals surface area (Å²) in [4.78, 5) is 4.01. The second kappa shape index (κ2) is 4.86. The molecule has 1 heterocycles. The summed E-state index contributed by atoms with van der Waals surface area (Å²) < 4.78 is 5.08. The summed E-state index contributed by atoms with van der Waals surface area (Å²) in [7, 11) is 1.57. The molecule has 2 aromatic rings. The normalized spacial score (nSPS) is 9.71. The number of pyridine rings is 1. The Hall–Kier alpha value is -2.05. The first-order valence-corrected chi connectivity index (χ1v) is 5.31. The van der Waals surface area contributed by atoms with E-state index in [9.17, 15) is 0 Å². The van der Waals surface area contributed by atoms with Gasteiger partial charge in [-0.3, -0.25) is 4.98 Å². The molecule has 84 valence electrons. The fraction of sp³-hybridized carbons (Fsp3) is 0.0769. The van der Waals surface area contributed by atoms with Gasteiger partial charge in [0.2, 0.25) is 0 Å². The number of methoxy groups -OCH3 is 1. The van der Waals surface area contributed by atoms with E-state index in [2.05, 4.69) is 11.1 Å². The van der Waals surface area contributed by atoms with E-state index in [1.807, 2.05) is 6.07 Å². The molecule has 1 aromatic carbocycles. The number of aromatic nitrogens is 1. The van der Waals surface area contributed by atoms with Crippen LogP contribution in [0, 0.1) is 11.3 Å². The summed E-state index contributed by atoms with van der Waals surface area (Å²) in [6, 6.07) is 9.28. The monoisotopic (exact) mass is 244 g/mol. The molecule has 0 aliphatic carbocycles. The first kappa shape index (κ1) is 11.4. The molecule has 2 rings (SSSR count). The SMILES string of the molecule is COc1ccc(-c2cncc(C#N)c2)cc1Cl. The van der Waals surface area contributed by atoms with Crippen LogP contribution in [0.5, 0.6) is 5.75 Å². The number of hydrogen-bond donors (Lipinski definition) is 0. The third-order valence-electron chi connectivity index (χ3n) is 2.35. The first-order valence-electron chi connectivity index (χ1n) is 4.93. The van der Waals surface area contributed by atoms with Gasteiger partial charge < -0.3 is 4.74 Å². The molecule has 0 N–H and O–H groups in total. The number of nitrogens with zero attached hydrogens (tertiary/aromatic N) is 2. The average Bonchev–Trinajstić information content (AvgIpc) is 2.38. The molecular formula is C13H9ClN2O. The molecule has 4 heteroatoms. The van der Waals surface area contributed by atoms with Crippen LogP contribution in [0.3, 0.4) is 0 Å². The zero-order valence-electron chi connectivity index (χ0n) is 9.14. The quantitative estimate of drug-likeness (QED) is 0.814. The highest BCUT2D eigenvalue weighted by molar-refractivity contribution is 6.32. The summed E-state index contributed by atoms with van der Waals surface area (Å²) in [5.41, 5.74) is 2.28. The minimum Gasteiger partial charge on any atom is -0.495 e. The van der Waals surface area contributed by atoms with Crippen LogP contribution in [0.4, 0.5) is 0 Å². The zero-order valence-corrected chi connectivity index (χ0v) is 9.90. The molecule has 0 unspecified atom stereocenters. The average molecular weight is 245 g/mol. The van der Waals surface area contributed by atoms with Crippen LogP contribution in [-0.2, 0) is 0 Å². The van der Waals surface area contributed by atoms with Gasteiger partial charge in [-0.05, 0) is 23.8 Å². The van der Waals surface area contributed by atoms with Crippen LogP contribution in [-0.4, -0.2) is 12.1 Å². The fourth-order valence-corrected chi connectivity index (χ4v) is 1.76. The highest BCUT2D eigenvalue weighted by Crippen LogP contribution is 2.29. The van der Waals surface area contributed by atoms with Crippen LogP contribution in [0.1, 0.15) is 5.56 Å². The van der Waals surface area contributed by atoms with E-state index in [4.69, 9.17) is 21.6 Å². The minimum atomic E-state index is 0.523. The molecule has 0 amide bonds. The predicted octanol–water partition coefficient (Wildman–Crippen LogP) is 3.28. The lowest BCUT2D eigenvalue weighted by Gasteiger charge is -2.06. The molecule has 0 spiro atoms. The molecule has 3 nitrogen and oxygen atoms in total. The second-order valence-corrected chi connectivity index (χ2v) is 3.83. The van der Waals surface area contributed by atoms with E-state index < -0.39 is 0 Å². The maximum atomic E-state index is 8.81. The minimum absolute atomic E-state index is 0.523. The molecule has 1 aromatic heterocycles. The summed E-state index contributed by atoms with van der Waals surface area (Å²) in [5, 5.41) is 9.34. The van der Waals surface area contributed by atoms with E-state index in [1.165, 1.54) is 6.20 Å². The van der Waals surface area contributed by atoms with Crippen LogP contribution in [0.15, 0.2) is 36.7 Å². The smallest absolute Gasteiger partial charge is 0.137 e. The zero-order chi connectivity index (χ0) is 12.3. The molecular weight excluding hydrogens is 236 g/mol. The van der Waals surface area contributed by atoms with Gasteiger partial charge in [-0.2, -0.15) is 5.26 Å². The Morgan fingerprint density at radius 2 is 2.06 bits per heavy atom. The molecule has 0 radical (unpaired) electrons. The van der Waals surface area contributed by atoms with E-state index in [1.54, 1.807) is 31.5 Å². The number of halogens is 1. The van der Waals surface area contributed by atoms with Gasteiger partial charge in [-0.15, -0.1) is 0 Å². The third kappa shape index (κ3) is 2.38. The highest BCUT2D eigenvalue weighted by atomic mass is 35.5.